The molecule has 17 heavy (non-hydrogen) atoms. The Morgan fingerprint density at radius 1 is 1.47 bits per heavy atom. The standard InChI is InChI=1S/C13H20N2OS/c1-14-7-8-15(2)13(16)11-9-17-12-6-4-3-5-10(11)12/h9,14H,3-8H2,1-2H3. The van der Waals surface area contributed by atoms with Gasteiger partial charge in [-0.25, -0.2) is 0 Å². The average molecular weight is 252 g/mol. The van der Waals surface area contributed by atoms with E-state index in [1.165, 1.54) is 23.3 Å². The Bertz CT molecular complexity index is 400. The molecule has 1 aromatic heterocycles. The van der Waals surface area contributed by atoms with Gasteiger partial charge in [0, 0.05) is 30.4 Å². The number of nitrogens with zero attached hydrogens (tertiary/aromatic N) is 1. The molecule has 0 aromatic carbocycles. The zero-order valence-electron chi connectivity index (χ0n) is 10.6. The lowest BCUT2D eigenvalue weighted by Crippen LogP contribution is -2.33. The number of likely N-dealkylation sites (N-methyl/N-ethyl adjacent to an activating group) is 2. The van der Waals surface area contributed by atoms with Gasteiger partial charge in [0.25, 0.3) is 5.91 Å². The molecule has 0 fully saturated rings. The van der Waals surface area contributed by atoms with E-state index in [1.54, 1.807) is 11.3 Å². The number of carbonyl (C=O) groups is 1. The van der Waals surface area contributed by atoms with Crippen LogP contribution in [-0.4, -0.2) is 38.0 Å². The SMILES string of the molecule is CNCCN(C)C(=O)c1csc2c1CCCC2. The van der Waals surface area contributed by atoms with E-state index in [0.717, 1.165) is 31.5 Å². The quantitative estimate of drug-likeness (QED) is 0.888. The first-order chi connectivity index (χ1) is 8.24. The second-order valence-corrected chi connectivity index (χ2v) is 5.55. The fourth-order valence-electron chi connectivity index (χ4n) is 2.26. The van der Waals surface area contributed by atoms with Crippen LogP contribution in [-0.2, 0) is 12.8 Å². The molecule has 1 amide bonds. The van der Waals surface area contributed by atoms with Crippen LogP contribution in [0.25, 0.3) is 0 Å². The van der Waals surface area contributed by atoms with Gasteiger partial charge in [0.1, 0.15) is 0 Å². The van der Waals surface area contributed by atoms with Crippen LogP contribution in [0.15, 0.2) is 5.38 Å². The van der Waals surface area contributed by atoms with Gasteiger partial charge >= 0.3 is 0 Å². The predicted molar refractivity (Wildman–Crippen MR) is 71.8 cm³/mol. The molecule has 2 rings (SSSR count). The Labute approximate surface area is 107 Å². The number of fused-ring (bicyclic) bond motifs is 1. The Morgan fingerprint density at radius 3 is 3.00 bits per heavy atom. The molecule has 1 aliphatic carbocycles. The minimum atomic E-state index is 0.180. The maximum Gasteiger partial charge on any atom is 0.254 e. The fraction of sp³-hybridized carbons (Fsp3) is 0.615. The molecule has 0 radical (unpaired) electrons. The van der Waals surface area contributed by atoms with E-state index in [2.05, 4.69) is 5.32 Å². The molecule has 3 nitrogen and oxygen atoms in total. The van der Waals surface area contributed by atoms with Crippen LogP contribution in [0.2, 0.25) is 0 Å². The highest BCUT2D eigenvalue weighted by Crippen LogP contribution is 2.30. The molecular weight excluding hydrogens is 232 g/mol. The number of hydrogen-bond acceptors (Lipinski definition) is 3. The van der Waals surface area contributed by atoms with Crippen molar-refractivity contribution in [3.8, 4) is 0 Å². The number of rotatable bonds is 4. The molecule has 0 bridgehead atoms. The number of nitrogens with one attached hydrogen (secondary N) is 1. The minimum absolute atomic E-state index is 0.180. The highest BCUT2D eigenvalue weighted by Gasteiger charge is 2.21. The highest BCUT2D eigenvalue weighted by molar-refractivity contribution is 7.10. The third-order valence-electron chi connectivity index (χ3n) is 3.34. The molecule has 0 atom stereocenters. The molecule has 1 aromatic rings. The molecule has 1 N–H and O–H groups in total. The van der Waals surface area contributed by atoms with Crippen molar-refractivity contribution in [3.63, 3.8) is 0 Å². The Kier molecular flexibility index (Phi) is 4.18. The maximum absolute atomic E-state index is 12.3. The van der Waals surface area contributed by atoms with E-state index in [1.807, 2.05) is 24.4 Å². The van der Waals surface area contributed by atoms with Crippen molar-refractivity contribution in [3.05, 3.63) is 21.4 Å². The molecule has 4 heteroatoms. The molecular formula is C13H20N2OS. The van der Waals surface area contributed by atoms with Gasteiger partial charge in [-0.2, -0.15) is 0 Å². The first-order valence-electron chi connectivity index (χ1n) is 6.23. The van der Waals surface area contributed by atoms with Gasteiger partial charge < -0.3 is 10.2 Å². The van der Waals surface area contributed by atoms with Crippen LogP contribution in [0, 0.1) is 0 Å². The van der Waals surface area contributed by atoms with Crippen LogP contribution in [0.4, 0.5) is 0 Å². The molecule has 0 saturated carbocycles. The van der Waals surface area contributed by atoms with E-state index in [0.29, 0.717) is 0 Å². The molecule has 0 unspecified atom stereocenters. The van der Waals surface area contributed by atoms with Crippen LogP contribution in [0.3, 0.4) is 0 Å². The van der Waals surface area contributed by atoms with Gasteiger partial charge in [-0.15, -0.1) is 11.3 Å². The predicted octanol–water partition coefficient (Wildman–Crippen LogP) is 1.92. The fourth-order valence-corrected chi connectivity index (χ4v) is 3.38. The number of aryl methyl sites for hydroxylation is 1. The third-order valence-corrected chi connectivity index (χ3v) is 4.42. The summed E-state index contributed by atoms with van der Waals surface area (Å²) in [7, 11) is 3.79. The van der Waals surface area contributed by atoms with Gasteiger partial charge in [-0.1, -0.05) is 0 Å². The van der Waals surface area contributed by atoms with E-state index < -0.39 is 0 Å². The van der Waals surface area contributed by atoms with Crippen LogP contribution >= 0.6 is 11.3 Å². The Morgan fingerprint density at radius 2 is 2.24 bits per heavy atom. The zero-order chi connectivity index (χ0) is 12.3. The summed E-state index contributed by atoms with van der Waals surface area (Å²) in [6, 6.07) is 0. The first kappa shape index (κ1) is 12.6. The van der Waals surface area contributed by atoms with Crippen molar-refractivity contribution >= 4 is 17.2 Å². The number of thiophene rings is 1. The van der Waals surface area contributed by atoms with Crippen molar-refractivity contribution in [1.82, 2.24) is 10.2 Å². The lowest BCUT2D eigenvalue weighted by Gasteiger charge is -2.18. The van der Waals surface area contributed by atoms with Gasteiger partial charge in [-0.3, -0.25) is 4.79 Å². The Balaban J connectivity index is 2.11. The van der Waals surface area contributed by atoms with Crippen LogP contribution < -0.4 is 5.32 Å². The molecule has 0 aliphatic heterocycles. The normalized spacial score (nSPS) is 14.5. The number of hydrogen-bond donors (Lipinski definition) is 1. The largest absolute Gasteiger partial charge is 0.340 e. The topological polar surface area (TPSA) is 32.3 Å². The maximum atomic E-state index is 12.3. The number of carbonyl (C=O) groups excluding carboxylic acids is 1. The van der Waals surface area contributed by atoms with Crippen molar-refractivity contribution in [1.29, 1.82) is 0 Å². The van der Waals surface area contributed by atoms with Crippen LogP contribution in [0.5, 0.6) is 0 Å². The van der Waals surface area contributed by atoms with Gasteiger partial charge in [-0.05, 0) is 38.3 Å². The average Bonchev–Trinajstić information content (AvgIpc) is 2.78. The van der Waals surface area contributed by atoms with E-state index in [9.17, 15) is 4.79 Å². The molecule has 0 spiro atoms. The van der Waals surface area contributed by atoms with E-state index in [4.69, 9.17) is 0 Å². The zero-order valence-corrected chi connectivity index (χ0v) is 11.4. The van der Waals surface area contributed by atoms with Crippen molar-refractivity contribution in [2.24, 2.45) is 0 Å². The van der Waals surface area contributed by atoms with E-state index >= 15 is 0 Å². The first-order valence-corrected chi connectivity index (χ1v) is 7.11. The summed E-state index contributed by atoms with van der Waals surface area (Å²) < 4.78 is 0. The molecule has 1 heterocycles. The second kappa shape index (κ2) is 5.65. The van der Waals surface area contributed by atoms with Gasteiger partial charge in [0.05, 0.1) is 5.56 Å². The van der Waals surface area contributed by atoms with Gasteiger partial charge in [0.2, 0.25) is 0 Å². The summed E-state index contributed by atoms with van der Waals surface area (Å²) in [6.07, 6.45) is 4.74. The Hall–Kier alpha value is -0.870. The summed E-state index contributed by atoms with van der Waals surface area (Å²) in [4.78, 5) is 15.5. The summed E-state index contributed by atoms with van der Waals surface area (Å²) in [5.41, 5.74) is 2.27. The summed E-state index contributed by atoms with van der Waals surface area (Å²) >= 11 is 1.76. The van der Waals surface area contributed by atoms with Crippen molar-refractivity contribution in [2.75, 3.05) is 27.2 Å². The van der Waals surface area contributed by atoms with E-state index in [-0.39, 0.29) is 5.91 Å². The van der Waals surface area contributed by atoms with Gasteiger partial charge in [0.15, 0.2) is 0 Å². The third kappa shape index (κ3) is 2.69. The molecule has 94 valence electrons. The molecule has 0 saturated heterocycles. The summed E-state index contributed by atoms with van der Waals surface area (Å²) in [5, 5.41) is 5.12. The molecule has 1 aliphatic rings. The lowest BCUT2D eigenvalue weighted by atomic mass is 9.95. The highest BCUT2D eigenvalue weighted by atomic mass is 32.1. The number of amides is 1. The van der Waals surface area contributed by atoms with Crippen LogP contribution in [0.1, 0.15) is 33.6 Å². The van der Waals surface area contributed by atoms with Crippen molar-refractivity contribution in [2.45, 2.75) is 25.7 Å². The lowest BCUT2D eigenvalue weighted by molar-refractivity contribution is 0.0796. The van der Waals surface area contributed by atoms with Crippen molar-refractivity contribution < 1.29 is 4.79 Å². The monoisotopic (exact) mass is 252 g/mol. The minimum Gasteiger partial charge on any atom is -0.340 e. The summed E-state index contributed by atoms with van der Waals surface area (Å²) in [5.74, 6) is 0.180. The second-order valence-electron chi connectivity index (χ2n) is 4.59. The smallest absolute Gasteiger partial charge is 0.254 e. The summed E-state index contributed by atoms with van der Waals surface area (Å²) in [6.45, 7) is 1.61.